The fraction of sp³-hybridized carbons (Fsp3) is 0.167. The maximum absolute atomic E-state index is 9.70. The van der Waals surface area contributed by atoms with Crippen molar-refractivity contribution >= 4 is 40.7 Å². The number of phenols is 1. The monoisotopic (exact) mass is 405 g/mol. The predicted octanol–water partition coefficient (Wildman–Crippen LogP) is 4.09. The number of hydrogen-bond donors (Lipinski definition) is 4. The van der Waals surface area contributed by atoms with Crippen LogP contribution in [0, 0.1) is 0 Å². The first-order chi connectivity index (χ1) is 13.1. The molecule has 0 atom stereocenters. The highest BCUT2D eigenvalue weighted by Gasteiger charge is 2.10. The molecular formula is C18H17Cl2N5O2. The maximum Gasteiger partial charge on any atom is 0.225 e. The number of anilines is 3. The van der Waals surface area contributed by atoms with Gasteiger partial charge >= 0.3 is 0 Å². The van der Waals surface area contributed by atoms with Crippen LogP contribution in [0.15, 0.2) is 42.7 Å². The van der Waals surface area contributed by atoms with E-state index < -0.39 is 0 Å². The molecule has 0 aliphatic heterocycles. The van der Waals surface area contributed by atoms with Crippen LogP contribution in [-0.4, -0.2) is 38.3 Å². The molecule has 3 rings (SSSR count). The van der Waals surface area contributed by atoms with Gasteiger partial charge in [-0.3, -0.25) is 4.98 Å². The molecule has 9 heteroatoms. The van der Waals surface area contributed by atoms with Crippen molar-refractivity contribution in [1.82, 2.24) is 15.0 Å². The fourth-order valence-corrected chi connectivity index (χ4v) is 2.81. The van der Waals surface area contributed by atoms with Gasteiger partial charge in [-0.05, 0) is 30.7 Å². The molecule has 0 spiro atoms. The summed E-state index contributed by atoms with van der Waals surface area (Å²) in [5.41, 5.74) is 2.14. The SMILES string of the molecule is OCCCNc1nc(Nc2cc(Cl)c(O)c(Cl)c2)cc(-c2ccncc2)n1. The molecule has 0 radical (unpaired) electrons. The Hall–Kier alpha value is -2.61. The van der Waals surface area contributed by atoms with E-state index in [9.17, 15) is 5.11 Å². The Morgan fingerprint density at radius 3 is 2.37 bits per heavy atom. The van der Waals surface area contributed by atoms with E-state index in [0.717, 1.165) is 5.56 Å². The van der Waals surface area contributed by atoms with Gasteiger partial charge < -0.3 is 20.8 Å². The molecular weight excluding hydrogens is 389 g/mol. The minimum absolute atomic E-state index is 0.0761. The number of pyridine rings is 1. The molecule has 3 aromatic rings. The second-order valence-electron chi connectivity index (χ2n) is 5.62. The van der Waals surface area contributed by atoms with Crippen molar-refractivity contribution < 1.29 is 10.2 Å². The highest BCUT2D eigenvalue weighted by atomic mass is 35.5. The van der Waals surface area contributed by atoms with Gasteiger partial charge in [0.25, 0.3) is 0 Å². The molecule has 4 N–H and O–H groups in total. The van der Waals surface area contributed by atoms with Crippen LogP contribution < -0.4 is 10.6 Å². The topological polar surface area (TPSA) is 103 Å². The average molecular weight is 406 g/mol. The molecule has 1 aromatic carbocycles. The predicted molar refractivity (Wildman–Crippen MR) is 107 cm³/mol. The smallest absolute Gasteiger partial charge is 0.225 e. The van der Waals surface area contributed by atoms with Crippen molar-refractivity contribution in [3.63, 3.8) is 0 Å². The largest absolute Gasteiger partial charge is 0.505 e. The van der Waals surface area contributed by atoms with Crippen LogP contribution >= 0.6 is 23.2 Å². The van der Waals surface area contributed by atoms with Crippen molar-refractivity contribution in [2.45, 2.75) is 6.42 Å². The third-order valence-corrected chi connectivity index (χ3v) is 4.19. The lowest BCUT2D eigenvalue weighted by Crippen LogP contribution is -2.08. The lowest BCUT2D eigenvalue weighted by atomic mass is 10.2. The number of aromatic nitrogens is 3. The van der Waals surface area contributed by atoms with Gasteiger partial charge in [0.05, 0.1) is 15.7 Å². The third-order valence-electron chi connectivity index (χ3n) is 3.61. The number of phenolic OH excluding ortho intramolecular Hbond substituents is 1. The summed E-state index contributed by atoms with van der Waals surface area (Å²) >= 11 is 12.0. The van der Waals surface area contributed by atoms with Gasteiger partial charge in [0.2, 0.25) is 5.95 Å². The number of rotatable bonds is 7. The summed E-state index contributed by atoms with van der Waals surface area (Å²) in [6, 6.07) is 8.57. The molecule has 7 nitrogen and oxygen atoms in total. The zero-order valence-electron chi connectivity index (χ0n) is 14.2. The number of aliphatic hydroxyl groups excluding tert-OH is 1. The molecule has 0 amide bonds. The van der Waals surface area contributed by atoms with E-state index in [4.69, 9.17) is 28.3 Å². The van der Waals surface area contributed by atoms with Crippen LogP contribution in [0.1, 0.15) is 6.42 Å². The lowest BCUT2D eigenvalue weighted by Gasteiger charge is -2.12. The van der Waals surface area contributed by atoms with E-state index in [1.165, 1.54) is 0 Å². The molecule has 0 saturated carbocycles. The summed E-state index contributed by atoms with van der Waals surface area (Å²) < 4.78 is 0. The number of aromatic hydroxyl groups is 1. The van der Waals surface area contributed by atoms with E-state index >= 15 is 0 Å². The average Bonchev–Trinajstić information content (AvgIpc) is 2.67. The van der Waals surface area contributed by atoms with E-state index in [1.54, 1.807) is 30.6 Å². The fourth-order valence-electron chi connectivity index (χ4n) is 2.33. The first-order valence-corrected chi connectivity index (χ1v) is 8.91. The van der Waals surface area contributed by atoms with Gasteiger partial charge in [-0.25, -0.2) is 4.98 Å². The van der Waals surface area contributed by atoms with E-state index in [-0.39, 0.29) is 22.4 Å². The summed E-state index contributed by atoms with van der Waals surface area (Å²) in [7, 11) is 0. The Bertz CT molecular complexity index is 902. The highest BCUT2D eigenvalue weighted by molar-refractivity contribution is 6.37. The number of nitrogens with zero attached hydrogens (tertiary/aromatic N) is 3. The molecule has 140 valence electrons. The molecule has 27 heavy (non-hydrogen) atoms. The Kier molecular flexibility index (Phi) is 6.28. The van der Waals surface area contributed by atoms with Crippen molar-refractivity contribution in [2.75, 3.05) is 23.8 Å². The van der Waals surface area contributed by atoms with Crippen LogP contribution in [0.3, 0.4) is 0 Å². The number of hydrogen-bond acceptors (Lipinski definition) is 7. The molecule has 2 aromatic heterocycles. The first kappa shape index (κ1) is 19.2. The zero-order chi connectivity index (χ0) is 19.2. The quantitative estimate of drug-likeness (QED) is 0.346. The molecule has 2 heterocycles. The standard InChI is InChI=1S/C18H17Cl2N5O2/c19-13-8-12(9-14(20)17(13)27)23-16-10-15(11-2-5-21-6-3-11)24-18(25-16)22-4-1-7-26/h2-3,5-6,8-10,26-27H,1,4,7H2,(H2,22,23,24,25). The molecule has 0 unspecified atom stereocenters. The highest BCUT2D eigenvalue weighted by Crippen LogP contribution is 2.35. The van der Waals surface area contributed by atoms with Crippen LogP contribution in [0.2, 0.25) is 10.0 Å². The Morgan fingerprint density at radius 1 is 1.00 bits per heavy atom. The van der Waals surface area contributed by atoms with Crippen molar-refractivity contribution in [2.24, 2.45) is 0 Å². The second kappa shape index (κ2) is 8.85. The van der Waals surface area contributed by atoms with Gasteiger partial charge in [-0.1, -0.05) is 23.2 Å². The minimum atomic E-state index is -0.171. The van der Waals surface area contributed by atoms with E-state index in [0.29, 0.717) is 36.1 Å². The van der Waals surface area contributed by atoms with Crippen LogP contribution in [-0.2, 0) is 0 Å². The summed E-state index contributed by atoms with van der Waals surface area (Å²) in [4.78, 5) is 12.9. The normalized spacial score (nSPS) is 10.6. The lowest BCUT2D eigenvalue weighted by molar-refractivity contribution is 0.292. The van der Waals surface area contributed by atoms with E-state index in [2.05, 4.69) is 25.6 Å². The van der Waals surface area contributed by atoms with Crippen LogP contribution in [0.5, 0.6) is 5.75 Å². The summed E-state index contributed by atoms with van der Waals surface area (Å²) in [5.74, 6) is 0.757. The Morgan fingerprint density at radius 2 is 1.70 bits per heavy atom. The van der Waals surface area contributed by atoms with Gasteiger partial charge in [-0.2, -0.15) is 4.98 Å². The molecule has 0 fully saturated rings. The second-order valence-corrected chi connectivity index (χ2v) is 6.43. The molecule has 0 aliphatic rings. The van der Waals surface area contributed by atoms with E-state index in [1.807, 2.05) is 12.1 Å². The first-order valence-electron chi connectivity index (χ1n) is 8.16. The number of benzene rings is 1. The maximum atomic E-state index is 9.70. The van der Waals surface area contributed by atoms with Gasteiger partial charge in [0, 0.05) is 42.9 Å². The number of aliphatic hydroxyl groups is 1. The van der Waals surface area contributed by atoms with Gasteiger partial charge in [0.1, 0.15) is 5.82 Å². The Balaban J connectivity index is 1.94. The number of nitrogens with one attached hydrogen (secondary N) is 2. The summed E-state index contributed by atoms with van der Waals surface area (Å²) in [6.07, 6.45) is 3.95. The van der Waals surface area contributed by atoms with Crippen LogP contribution in [0.4, 0.5) is 17.5 Å². The summed E-state index contributed by atoms with van der Waals surface area (Å²) in [6.45, 7) is 0.610. The van der Waals surface area contributed by atoms with Crippen molar-refractivity contribution in [3.8, 4) is 17.0 Å². The van der Waals surface area contributed by atoms with Crippen molar-refractivity contribution in [1.29, 1.82) is 0 Å². The van der Waals surface area contributed by atoms with Crippen LogP contribution in [0.25, 0.3) is 11.3 Å². The van der Waals surface area contributed by atoms with Crippen molar-refractivity contribution in [3.05, 3.63) is 52.8 Å². The minimum Gasteiger partial charge on any atom is -0.505 e. The van der Waals surface area contributed by atoms with Gasteiger partial charge in [-0.15, -0.1) is 0 Å². The Labute approximate surface area is 166 Å². The summed E-state index contributed by atoms with van der Waals surface area (Å²) in [5, 5.41) is 25.1. The molecule has 0 saturated heterocycles. The third kappa shape index (κ3) is 4.97. The van der Waals surface area contributed by atoms with Gasteiger partial charge in [0.15, 0.2) is 5.75 Å². The number of halogens is 2. The zero-order valence-corrected chi connectivity index (χ0v) is 15.7. The molecule has 0 bridgehead atoms. The molecule has 0 aliphatic carbocycles.